The molecule has 0 aliphatic rings. The minimum atomic E-state index is 0.603. The molecule has 0 atom stereocenters. The van der Waals surface area contributed by atoms with Crippen LogP contribution in [-0.2, 0) is 0 Å². The van der Waals surface area contributed by atoms with Gasteiger partial charge in [-0.05, 0) is 13.0 Å². The molecule has 0 spiro atoms. The van der Waals surface area contributed by atoms with Crippen LogP contribution in [0.4, 0.5) is 5.13 Å². The highest BCUT2D eigenvalue weighted by molar-refractivity contribution is 7.13. The molecule has 0 amide bonds. The molecule has 1 heterocycles. The van der Waals surface area contributed by atoms with Crippen molar-refractivity contribution >= 4 is 28.6 Å². The van der Waals surface area contributed by atoms with Crippen LogP contribution < -0.4 is 15.6 Å². The molecule has 2 nitrogen and oxygen atoms in total. The highest BCUT2D eigenvalue weighted by Crippen LogP contribution is 1.94. The van der Waals surface area contributed by atoms with E-state index in [1.165, 1.54) is 11.3 Å². The van der Waals surface area contributed by atoms with E-state index in [4.69, 9.17) is 5.73 Å². The molecule has 3 heteroatoms. The van der Waals surface area contributed by atoms with Crippen LogP contribution in [0.2, 0.25) is 0 Å². The second-order valence-corrected chi connectivity index (χ2v) is 3.05. The van der Waals surface area contributed by atoms with Gasteiger partial charge in [0.15, 0.2) is 5.13 Å². The van der Waals surface area contributed by atoms with E-state index >= 15 is 0 Å². The Bertz CT molecular complexity index is 363. The molecule has 0 unspecified atom stereocenters. The maximum Gasteiger partial charge on any atom is 0.181 e. The summed E-state index contributed by atoms with van der Waals surface area (Å²) >= 11 is 1.47. The quantitative estimate of drug-likeness (QED) is 0.739. The zero-order chi connectivity index (χ0) is 10.3. The zero-order valence-corrected chi connectivity index (χ0v) is 9.19. The van der Waals surface area contributed by atoms with E-state index in [0.717, 1.165) is 9.88 Å². The minimum Gasteiger partial charge on any atom is -0.375 e. The summed E-state index contributed by atoms with van der Waals surface area (Å²) in [6, 6.07) is 0. The third kappa shape index (κ3) is 3.42. The van der Waals surface area contributed by atoms with Crippen LogP contribution in [0.25, 0.3) is 12.2 Å². The smallest absolute Gasteiger partial charge is 0.181 e. The summed E-state index contributed by atoms with van der Waals surface area (Å²) < 4.78 is 1.07. The van der Waals surface area contributed by atoms with E-state index in [1.54, 1.807) is 6.08 Å². The maximum absolute atomic E-state index is 5.52. The minimum absolute atomic E-state index is 0.603. The first-order chi connectivity index (χ1) is 6.27. The Morgan fingerprint density at radius 1 is 1.46 bits per heavy atom. The van der Waals surface area contributed by atoms with Crippen molar-refractivity contribution in [3.63, 3.8) is 0 Å². The predicted octanol–water partition coefficient (Wildman–Crippen LogP) is 1.52. The lowest BCUT2D eigenvalue weighted by Crippen LogP contribution is -2.19. The third-order valence-electron chi connectivity index (χ3n) is 1.24. The number of thiazole rings is 1. The van der Waals surface area contributed by atoms with Crippen LogP contribution in [0, 0.1) is 0 Å². The van der Waals surface area contributed by atoms with Gasteiger partial charge in [0.05, 0.1) is 9.88 Å². The van der Waals surface area contributed by atoms with Crippen molar-refractivity contribution in [2.75, 3.05) is 5.73 Å². The van der Waals surface area contributed by atoms with Crippen molar-refractivity contribution in [2.24, 2.45) is 0 Å². The molecule has 0 fully saturated rings. The van der Waals surface area contributed by atoms with Gasteiger partial charge in [-0.25, -0.2) is 4.98 Å². The van der Waals surface area contributed by atoms with Crippen LogP contribution >= 0.6 is 11.3 Å². The van der Waals surface area contributed by atoms with Gasteiger partial charge in [-0.2, -0.15) is 0 Å². The van der Waals surface area contributed by atoms with Crippen LogP contribution in [0.15, 0.2) is 12.7 Å². The van der Waals surface area contributed by atoms with E-state index in [9.17, 15) is 0 Å². The Balaban J connectivity index is 0.000000671. The van der Waals surface area contributed by atoms with Gasteiger partial charge in [-0.15, -0.1) is 0 Å². The van der Waals surface area contributed by atoms with Gasteiger partial charge < -0.3 is 5.73 Å². The topological polar surface area (TPSA) is 38.9 Å². The van der Waals surface area contributed by atoms with E-state index < -0.39 is 0 Å². The number of rotatable bonds is 1. The lowest BCUT2D eigenvalue weighted by atomic mass is 10.5. The molecule has 1 rings (SSSR count). The number of nitrogen functional groups attached to an aromatic ring is 1. The first-order valence-electron chi connectivity index (χ1n) is 4.29. The van der Waals surface area contributed by atoms with Crippen LogP contribution in [0.3, 0.4) is 0 Å². The molecule has 13 heavy (non-hydrogen) atoms. The summed E-state index contributed by atoms with van der Waals surface area (Å²) in [5, 5.41) is 1.54. The van der Waals surface area contributed by atoms with Gasteiger partial charge in [0, 0.05) is 0 Å². The SMILES string of the molecule is C=C/C=c1/sc(N)n/c1=C/C.CC. The summed E-state index contributed by atoms with van der Waals surface area (Å²) in [6.07, 6.45) is 5.57. The van der Waals surface area contributed by atoms with E-state index in [1.807, 2.05) is 32.9 Å². The Labute approximate surface area is 83.1 Å². The molecule has 1 aromatic heterocycles. The van der Waals surface area contributed by atoms with Gasteiger partial charge in [-0.3, -0.25) is 0 Å². The monoisotopic (exact) mass is 196 g/mol. The highest BCUT2D eigenvalue weighted by Gasteiger charge is 1.90. The van der Waals surface area contributed by atoms with E-state index in [-0.39, 0.29) is 0 Å². The number of aromatic nitrogens is 1. The normalized spacial score (nSPS) is 12.2. The van der Waals surface area contributed by atoms with Crippen molar-refractivity contribution in [1.29, 1.82) is 0 Å². The number of hydrogen-bond acceptors (Lipinski definition) is 3. The second kappa shape index (κ2) is 6.43. The molecule has 0 bridgehead atoms. The van der Waals surface area contributed by atoms with Crippen molar-refractivity contribution in [2.45, 2.75) is 20.8 Å². The number of nitrogens with two attached hydrogens (primary N) is 1. The standard InChI is InChI=1S/C8H10N2S.C2H6/c1-3-5-7-6(4-2)10-8(9)11-7;1-2/h3-5H,1H2,2H3,(H2,9,10);1-2H3/b6-4+,7-5+;. The zero-order valence-electron chi connectivity index (χ0n) is 8.37. The van der Waals surface area contributed by atoms with Crippen LogP contribution in [0.5, 0.6) is 0 Å². The molecule has 2 N–H and O–H groups in total. The average molecular weight is 196 g/mol. The number of allylic oxidation sites excluding steroid dienone is 1. The third-order valence-corrected chi connectivity index (χ3v) is 2.11. The van der Waals surface area contributed by atoms with Crippen LogP contribution in [-0.4, -0.2) is 4.98 Å². The Hall–Kier alpha value is -1.09. The average Bonchev–Trinajstić information content (AvgIpc) is 2.50. The molecule has 0 saturated heterocycles. The first kappa shape index (κ1) is 11.9. The van der Waals surface area contributed by atoms with Crippen molar-refractivity contribution in [3.05, 3.63) is 22.5 Å². The van der Waals surface area contributed by atoms with Crippen molar-refractivity contribution in [1.82, 2.24) is 4.98 Å². The molecule has 0 radical (unpaired) electrons. The van der Waals surface area contributed by atoms with Crippen molar-refractivity contribution in [3.8, 4) is 0 Å². The molecule has 1 aromatic rings. The highest BCUT2D eigenvalue weighted by atomic mass is 32.1. The molecule has 72 valence electrons. The summed E-state index contributed by atoms with van der Waals surface area (Å²) in [7, 11) is 0. The van der Waals surface area contributed by atoms with Gasteiger partial charge >= 0.3 is 0 Å². The fourth-order valence-corrected chi connectivity index (χ4v) is 1.60. The van der Waals surface area contributed by atoms with Gasteiger partial charge in [0.1, 0.15) is 0 Å². The Morgan fingerprint density at radius 3 is 2.54 bits per heavy atom. The molecular formula is C10H16N2S. The lowest BCUT2D eigenvalue weighted by Gasteiger charge is -1.70. The molecule has 0 aliphatic heterocycles. The van der Waals surface area contributed by atoms with Gasteiger partial charge in [0.2, 0.25) is 0 Å². The molecular weight excluding hydrogens is 180 g/mol. The van der Waals surface area contributed by atoms with E-state index in [2.05, 4.69) is 11.6 Å². The van der Waals surface area contributed by atoms with Crippen LogP contribution in [0.1, 0.15) is 20.8 Å². The van der Waals surface area contributed by atoms with Crippen molar-refractivity contribution < 1.29 is 0 Å². The Morgan fingerprint density at radius 2 is 2.08 bits per heavy atom. The number of nitrogens with zero attached hydrogens (tertiary/aromatic N) is 1. The van der Waals surface area contributed by atoms with Gasteiger partial charge in [-0.1, -0.05) is 43.9 Å². The summed E-state index contributed by atoms with van der Waals surface area (Å²) in [5.41, 5.74) is 5.52. The lowest BCUT2D eigenvalue weighted by molar-refractivity contribution is 1.32. The van der Waals surface area contributed by atoms with Gasteiger partial charge in [0.25, 0.3) is 0 Å². The predicted molar refractivity (Wildman–Crippen MR) is 61.9 cm³/mol. The fraction of sp³-hybridized carbons (Fsp3) is 0.300. The maximum atomic E-state index is 5.52. The summed E-state index contributed by atoms with van der Waals surface area (Å²) in [4.78, 5) is 4.11. The number of hydrogen-bond donors (Lipinski definition) is 1. The Kier molecular flexibility index (Phi) is 5.89. The fourth-order valence-electron chi connectivity index (χ4n) is 0.795. The second-order valence-electron chi connectivity index (χ2n) is 1.99. The molecule has 0 saturated carbocycles. The largest absolute Gasteiger partial charge is 0.375 e. The molecule has 0 aliphatic carbocycles. The first-order valence-corrected chi connectivity index (χ1v) is 5.11. The summed E-state index contributed by atoms with van der Waals surface area (Å²) in [5.74, 6) is 0. The van der Waals surface area contributed by atoms with E-state index in [0.29, 0.717) is 5.13 Å². The molecule has 0 aromatic carbocycles. The number of anilines is 1. The summed E-state index contributed by atoms with van der Waals surface area (Å²) in [6.45, 7) is 9.55.